The molecule has 1 aromatic rings. The van der Waals surface area contributed by atoms with Crippen molar-refractivity contribution in [1.82, 2.24) is 5.32 Å². The van der Waals surface area contributed by atoms with Gasteiger partial charge in [-0.2, -0.15) is 0 Å². The lowest BCUT2D eigenvalue weighted by Gasteiger charge is -2.09. The Morgan fingerprint density at radius 1 is 1.45 bits per heavy atom. The first-order chi connectivity index (χ1) is 9.36. The molecule has 0 aliphatic carbocycles. The number of nitrogens with two attached hydrogens (primary N) is 1. The zero-order valence-corrected chi connectivity index (χ0v) is 13.3. The number of Topliss-reactive ketones (excluding diaryl/α,β-unsaturated/α-hetero) is 1. The molecule has 0 aromatic carbocycles. The van der Waals surface area contributed by atoms with Crippen molar-refractivity contribution < 1.29 is 9.59 Å². The van der Waals surface area contributed by atoms with Crippen molar-refractivity contribution in [3.8, 4) is 0 Å². The fourth-order valence-corrected chi connectivity index (χ4v) is 2.98. The first kappa shape index (κ1) is 16.4. The summed E-state index contributed by atoms with van der Waals surface area (Å²) in [5.74, 6) is 0.483. The second kappa shape index (κ2) is 7.24. The predicted molar refractivity (Wildman–Crippen MR) is 82.9 cm³/mol. The van der Waals surface area contributed by atoms with Gasteiger partial charge in [-0.3, -0.25) is 9.59 Å². The topological polar surface area (TPSA) is 72.2 Å². The number of hydrogen-bond donors (Lipinski definition) is 2. The Balaban J connectivity index is 3.08. The number of nitrogens with one attached hydrogen (secondary N) is 1. The monoisotopic (exact) mass is 294 g/mol. The van der Waals surface area contributed by atoms with Crippen LogP contribution in [0.1, 0.15) is 59.7 Å². The van der Waals surface area contributed by atoms with E-state index in [0.717, 1.165) is 12.0 Å². The van der Waals surface area contributed by atoms with Gasteiger partial charge in [0.25, 0.3) is 5.91 Å². The number of amides is 1. The van der Waals surface area contributed by atoms with E-state index in [9.17, 15) is 9.59 Å². The molecule has 0 radical (unpaired) electrons. The third-order valence-electron chi connectivity index (χ3n) is 2.77. The molecule has 1 heterocycles. The van der Waals surface area contributed by atoms with Crippen LogP contribution in [-0.4, -0.2) is 11.7 Å². The number of rotatable bonds is 6. The maximum Gasteiger partial charge on any atom is 0.267 e. The molecule has 5 heteroatoms. The lowest BCUT2D eigenvalue weighted by atomic mass is 9.98. The molecule has 0 bridgehead atoms. The molecule has 0 aliphatic heterocycles. The van der Waals surface area contributed by atoms with Gasteiger partial charge >= 0.3 is 0 Å². The minimum atomic E-state index is -0.236. The zero-order valence-electron chi connectivity index (χ0n) is 12.4. The van der Waals surface area contributed by atoms with Crippen molar-refractivity contribution in [1.29, 1.82) is 0 Å². The Kier molecular flexibility index (Phi) is 5.95. The molecule has 0 spiro atoms. The quantitative estimate of drug-likeness (QED) is 0.792. The van der Waals surface area contributed by atoms with Gasteiger partial charge in [0, 0.05) is 10.9 Å². The van der Waals surface area contributed by atoms with Crippen LogP contribution in [0.2, 0.25) is 0 Å². The highest BCUT2D eigenvalue weighted by atomic mass is 32.1. The van der Waals surface area contributed by atoms with Gasteiger partial charge in [0.2, 0.25) is 0 Å². The van der Waals surface area contributed by atoms with Gasteiger partial charge in [-0.15, -0.1) is 11.3 Å². The van der Waals surface area contributed by atoms with Crippen molar-refractivity contribution in [2.75, 3.05) is 0 Å². The van der Waals surface area contributed by atoms with E-state index in [-0.39, 0.29) is 11.7 Å². The number of ketones is 1. The molecule has 3 N–H and O–H groups in total. The molecule has 0 unspecified atom stereocenters. The maximum absolute atomic E-state index is 12.2. The third-order valence-corrected chi connectivity index (χ3v) is 3.79. The Morgan fingerprint density at radius 2 is 2.10 bits per heavy atom. The molecule has 4 nitrogen and oxygen atoms in total. The average molecular weight is 294 g/mol. The summed E-state index contributed by atoms with van der Waals surface area (Å²) in [5.41, 5.74) is 7.19. The Hall–Kier alpha value is -1.62. The Labute approximate surface area is 124 Å². The van der Waals surface area contributed by atoms with Gasteiger partial charge < -0.3 is 11.1 Å². The highest BCUT2D eigenvalue weighted by molar-refractivity contribution is 7.12. The molecule has 0 saturated carbocycles. The SMILES string of the molecule is CC/C=C(\N)NC(=O)c1scc(C(C)=O)c1CC(C)C. The van der Waals surface area contributed by atoms with Crippen LogP contribution in [-0.2, 0) is 6.42 Å². The van der Waals surface area contributed by atoms with Crippen LogP contribution in [0.25, 0.3) is 0 Å². The highest BCUT2D eigenvalue weighted by Crippen LogP contribution is 2.26. The average Bonchev–Trinajstić information content (AvgIpc) is 2.71. The summed E-state index contributed by atoms with van der Waals surface area (Å²) >= 11 is 1.30. The van der Waals surface area contributed by atoms with Crippen LogP contribution in [0, 0.1) is 5.92 Å². The lowest BCUT2D eigenvalue weighted by Crippen LogP contribution is -2.27. The van der Waals surface area contributed by atoms with Crippen molar-refractivity contribution >= 4 is 23.0 Å². The van der Waals surface area contributed by atoms with Gasteiger partial charge in [0.05, 0.1) is 10.7 Å². The maximum atomic E-state index is 12.2. The van der Waals surface area contributed by atoms with Crippen LogP contribution < -0.4 is 11.1 Å². The number of thiophene rings is 1. The summed E-state index contributed by atoms with van der Waals surface area (Å²) in [7, 11) is 0. The summed E-state index contributed by atoms with van der Waals surface area (Å²) in [4.78, 5) is 24.5. The van der Waals surface area contributed by atoms with E-state index in [1.165, 1.54) is 18.3 Å². The Bertz CT molecular complexity index is 530. The normalized spacial score (nSPS) is 11.8. The Morgan fingerprint density at radius 3 is 2.60 bits per heavy atom. The van der Waals surface area contributed by atoms with E-state index in [0.29, 0.717) is 28.6 Å². The van der Waals surface area contributed by atoms with Crippen LogP contribution in [0.15, 0.2) is 17.3 Å². The summed E-state index contributed by atoms with van der Waals surface area (Å²) < 4.78 is 0. The van der Waals surface area contributed by atoms with Crippen molar-refractivity contribution in [3.63, 3.8) is 0 Å². The minimum absolute atomic E-state index is 0.00646. The van der Waals surface area contributed by atoms with Crippen LogP contribution in [0.4, 0.5) is 0 Å². The van der Waals surface area contributed by atoms with Gasteiger partial charge in [-0.05, 0) is 37.3 Å². The molecule has 0 fully saturated rings. The van der Waals surface area contributed by atoms with Gasteiger partial charge in [-0.25, -0.2) is 0 Å². The van der Waals surface area contributed by atoms with Crippen molar-refractivity contribution in [3.05, 3.63) is 33.3 Å². The van der Waals surface area contributed by atoms with E-state index >= 15 is 0 Å². The molecular formula is C15H22N2O2S. The van der Waals surface area contributed by atoms with Gasteiger partial charge in [-0.1, -0.05) is 20.8 Å². The molecule has 0 atom stereocenters. The van der Waals surface area contributed by atoms with Crippen molar-refractivity contribution in [2.24, 2.45) is 11.7 Å². The predicted octanol–water partition coefficient (Wildman–Crippen LogP) is 3.09. The van der Waals surface area contributed by atoms with Crippen LogP contribution in [0.5, 0.6) is 0 Å². The smallest absolute Gasteiger partial charge is 0.267 e. The summed E-state index contributed by atoms with van der Waals surface area (Å²) in [5, 5.41) is 4.42. The summed E-state index contributed by atoms with van der Waals surface area (Å²) in [6, 6.07) is 0. The van der Waals surface area contributed by atoms with Crippen molar-refractivity contribution in [2.45, 2.75) is 40.5 Å². The van der Waals surface area contributed by atoms with Gasteiger partial charge in [0.1, 0.15) is 0 Å². The number of carbonyl (C=O) groups is 2. The molecule has 110 valence electrons. The third kappa shape index (κ3) is 4.20. The fourth-order valence-electron chi connectivity index (χ4n) is 1.94. The summed E-state index contributed by atoms with van der Waals surface area (Å²) in [6.07, 6.45) is 3.21. The molecule has 1 rings (SSSR count). The molecule has 1 amide bonds. The number of carbonyl (C=O) groups excluding carboxylic acids is 2. The second-order valence-corrected chi connectivity index (χ2v) is 6.01. The van der Waals surface area contributed by atoms with E-state index in [4.69, 9.17) is 5.73 Å². The minimum Gasteiger partial charge on any atom is -0.385 e. The molecule has 1 aromatic heterocycles. The molecule has 0 aliphatic rings. The second-order valence-electron chi connectivity index (χ2n) is 5.13. The largest absolute Gasteiger partial charge is 0.385 e. The van der Waals surface area contributed by atoms with E-state index in [1.807, 2.05) is 6.92 Å². The van der Waals surface area contributed by atoms with E-state index < -0.39 is 0 Å². The van der Waals surface area contributed by atoms with E-state index in [2.05, 4.69) is 19.2 Å². The first-order valence-corrected chi connectivity index (χ1v) is 7.63. The molecule has 20 heavy (non-hydrogen) atoms. The lowest BCUT2D eigenvalue weighted by molar-refractivity contribution is 0.0968. The zero-order chi connectivity index (χ0) is 15.3. The first-order valence-electron chi connectivity index (χ1n) is 6.75. The standard InChI is InChI=1S/C15H22N2O2S/c1-5-6-13(16)17-15(19)14-11(7-9(2)3)12(8-20-14)10(4)18/h6,8-9H,5,7,16H2,1-4H3,(H,17,19)/b13-6+. The highest BCUT2D eigenvalue weighted by Gasteiger charge is 2.21. The number of hydrogen-bond acceptors (Lipinski definition) is 4. The van der Waals surface area contributed by atoms with Crippen LogP contribution >= 0.6 is 11.3 Å². The van der Waals surface area contributed by atoms with Gasteiger partial charge in [0.15, 0.2) is 5.78 Å². The molecule has 0 saturated heterocycles. The number of allylic oxidation sites excluding steroid dienone is 1. The fraction of sp³-hybridized carbons (Fsp3) is 0.467. The summed E-state index contributed by atoms with van der Waals surface area (Å²) in [6.45, 7) is 7.60. The molecular weight excluding hydrogens is 272 g/mol. The van der Waals surface area contributed by atoms with E-state index in [1.54, 1.807) is 11.5 Å². The van der Waals surface area contributed by atoms with Crippen LogP contribution in [0.3, 0.4) is 0 Å².